The molecule has 0 aliphatic heterocycles. The molecule has 0 radical (unpaired) electrons. The number of fused-ring (bicyclic) bond motifs is 3. The van der Waals surface area contributed by atoms with Crippen molar-refractivity contribution in [3.05, 3.63) is 82.9 Å². The summed E-state index contributed by atoms with van der Waals surface area (Å²) in [6.45, 7) is 4.30. The molecule has 4 rings (SSSR count). The van der Waals surface area contributed by atoms with Gasteiger partial charge < -0.3 is 0 Å². The van der Waals surface area contributed by atoms with Crippen LogP contribution in [0.2, 0.25) is 0 Å². The van der Waals surface area contributed by atoms with Gasteiger partial charge in [-0.25, -0.2) is 0 Å². The second-order valence-corrected chi connectivity index (χ2v) is 6.08. The summed E-state index contributed by atoms with van der Waals surface area (Å²) in [5.74, 6) is 0. The minimum Gasteiger partial charge on any atom is -0.0587 e. The Morgan fingerprint density at radius 3 is 1.90 bits per heavy atom. The Balaban J connectivity index is 1.79. The molecular weight excluding hydrogens is 252 g/mol. The summed E-state index contributed by atoms with van der Waals surface area (Å²) in [5, 5.41) is 0. The molecule has 0 aromatic heterocycles. The highest BCUT2D eigenvalue weighted by Gasteiger charge is 2.18. The molecule has 0 spiro atoms. The highest BCUT2D eigenvalue weighted by Crippen LogP contribution is 2.38. The van der Waals surface area contributed by atoms with E-state index in [2.05, 4.69) is 74.5 Å². The van der Waals surface area contributed by atoms with Crippen molar-refractivity contribution in [2.45, 2.75) is 20.3 Å². The third kappa shape index (κ3) is 2.08. The predicted molar refractivity (Wildman–Crippen MR) is 89.6 cm³/mol. The van der Waals surface area contributed by atoms with Crippen molar-refractivity contribution < 1.29 is 0 Å². The summed E-state index contributed by atoms with van der Waals surface area (Å²) < 4.78 is 0. The zero-order valence-corrected chi connectivity index (χ0v) is 12.5. The first-order valence-corrected chi connectivity index (χ1v) is 7.50. The van der Waals surface area contributed by atoms with Crippen LogP contribution < -0.4 is 0 Å². The first-order chi connectivity index (χ1) is 10.2. The first kappa shape index (κ1) is 12.4. The van der Waals surface area contributed by atoms with Crippen LogP contribution in [0.1, 0.15) is 22.3 Å². The van der Waals surface area contributed by atoms with Crippen LogP contribution in [-0.2, 0) is 6.42 Å². The van der Waals surface area contributed by atoms with Gasteiger partial charge in [-0.15, -0.1) is 0 Å². The molecule has 0 heteroatoms. The lowest BCUT2D eigenvalue weighted by molar-refractivity contribution is 1.25. The van der Waals surface area contributed by atoms with Gasteiger partial charge in [0, 0.05) is 0 Å². The number of rotatable bonds is 1. The standard InChI is InChI=1S/C21H18/c1-14-3-6-16(7-4-14)17-8-10-21-19(12-17)13-18-11-15(2)5-9-20(18)21/h3-12H,13H2,1-2H3. The van der Waals surface area contributed by atoms with Crippen LogP contribution in [0.5, 0.6) is 0 Å². The average Bonchev–Trinajstić information content (AvgIpc) is 2.84. The summed E-state index contributed by atoms with van der Waals surface area (Å²) in [6, 6.07) is 22.5. The fraction of sp³-hybridized carbons (Fsp3) is 0.143. The maximum Gasteiger partial charge on any atom is -0.00131 e. The molecule has 0 heterocycles. The smallest absolute Gasteiger partial charge is 0.00131 e. The van der Waals surface area contributed by atoms with Crippen LogP contribution >= 0.6 is 0 Å². The zero-order chi connectivity index (χ0) is 14.4. The van der Waals surface area contributed by atoms with Gasteiger partial charge in [-0.1, -0.05) is 71.8 Å². The highest BCUT2D eigenvalue weighted by atomic mass is 14.2. The minimum atomic E-state index is 1.06. The van der Waals surface area contributed by atoms with Crippen LogP contribution in [0.3, 0.4) is 0 Å². The molecule has 0 N–H and O–H groups in total. The quantitative estimate of drug-likeness (QED) is 0.426. The molecule has 102 valence electrons. The number of aryl methyl sites for hydroxylation is 2. The van der Waals surface area contributed by atoms with Crippen LogP contribution in [0.25, 0.3) is 22.3 Å². The molecular formula is C21H18. The Kier molecular flexibility index (Phi) is 2.71. The minimum absolute atomic E-state index is 1.06. The monoisotopic (exact) mass is 270 g/mol. The van der Waals surface area contributed by atoms with Gasteiger partial charge in [0.2, 0.25) is 0 Å². The Labute approximate surface area is 126 Å². The average molecular weight is 270 g/mol. The number of hydrogen-bond donors (Lipinski definition) is 0. The van der Waals surface area contributed by atoms with Gasteiger partial charge in [-0.3, -0.25) is 0 Å². The number of hydrogen-bond acceptors (Lipinski definition) is 0. The van der Waals surface area contributed by atoms with E-state index in [1.165, 1.54) is 44.5 Å². The molecule has 0 unspecified atom stereocenters. The summed E-state index contributed by atoms with van der Waals surface area (Å²) in [7, 11) is 0. The molecule has 21 heavy (non-hydrogen) atoms. The molecule has 0 nitrogen and oxygen atoms in total. The van der Waals surface area contributed by atoms with E-state index in [4.69, 9.17) is 0 Å². The zero-order valence-electron chi connectivity index (χ0n) is 12.5. The molecule has 3 aromatic rings. The molecule has 0 fully saturated rings. The Morgan fingerprint density at radius 1 is 0.571 bits per heavy atom. The predicted octanol–water partition coefficient (Wildman–Crippen LogP) is 5.54. The second kappa shape index (κ2) is 4.60. The van der Waals surface area contributed by atoms with Crippen molar-refractivity contribution in [1.82, 2.24) is 0 Å². The Morgan fingerprint density at radius 2 is 1.14 bits per heavy atom. The van der Waals surface area contributed by atoms with E-state index in [-0.39, 0.29) is 0 Å². The molecule has 0 atom stereocenters. The van der Waals surface area contributed by atoms with Gasteiger partial charge >= 0.3 is 0 Å². The van der Waals surface area contributed by atoms with Gasteiger partial charge in [0.25, 0.3) is 0 Å². The third-order valence-corrected chi connectivity index (χ3v) is 4.42. The van der Waals surface area contributed by atoms with E-state index in [0.29, 0.717) is 0 Å². The van der Waals surface area contributed by atoms with Crippen molar-refractivity contribution in [2.75, 3.05) is 0 Å². The van der Waals surface area contributed by atoms with Crippen molar-refractivity contribution in [1.29, 1.82) is 0 Å². The molecule has 0 bridgehead atoms. The SMILES string of the molecule is Cc1ccc(-c2ccc3c(c2)Cc2cc(C)ccc2-3)cc1. The Bertz CT molecular complexity index is 823. The first-order valence-electron chi connectivity index (χ1n) is 7.50. The molecule has 0 saturated carbocycles. The van der Waals surface area contributed by atoms with Crippen LogP contribution in [0.15, 0.2) is 60.7 Å². The Hall–Kier alpha value is -2.34. The molecule has 0 saturated heterocycles. The molecule has 0 amide bonds. The maximum atomic E-state index is 2.36. The molecule has 1 aliphatic rings. The van der Waals surface area contributed by atoms with E-state index < -0.39 is 0 Å². The van der Waals surface area contributed by atoms with Crippen molar-refractivity contribution >= 4 is 0 Å². The van der Waals surface area contributed by atoms with Gasteiger partial charge in [0.15, 0.2) is 0 Å². The van der Waals surface area contributed by atoms with Crippen molar-refractivity contribution in [2.24, 2.45) is 0 Å². The molecule has 1 aliphatic carbocycles. The van der Waals surface area contributed by atoms with Gasteiger partial charge in [-0.05, 0) is 53.6 Å². The summed E-state index contributed by atoms with van der Waals surface area (Å²) >= 11 is 0. The van der Waals surface area contributed by atoms with Crippen LogP contribution in [0, 0.1) is 13.8 Å². The maximum absolute atomic E-state index is 2.36. The summed E-state index contributed by atoms with van der Waals surface area (Å²) in [4.78, 5) is 0. The molecule has 3 aromatic carbocycles. The lowest BCUT2D eigenvalue weighted by atomic mass is 9.98. The second-order valence-electron chi connectivity index (χ2n) is 6.08. The lowest BCUT2D eigenvalue weighted by Gasteiger charge is -2.06. The van der Waals surface area contributed by atoms with E-state index in [9.17, 15) is 0 Å². The number of benzene rings is 3. The van der Waals surface area contributed by atoms with E-state index in [0.717, 1.165) is 6.42 Å². The van der Waals surface area contributed by atoms with Crippen LogP contribution in [-0.4, -0.2) is 0 Å². The lowest BCUT2D eigenvalue weighted by Crippen LogP contribution is -1.84. The van der Waals surface area contributed by atoms with Crippen molar-refractivity contribution in [3.8, 4) is 22.3 Å². The summed E-state index contributed by atoms with van der Waals surface area (Å²) in [6.07, 6.45) is 1.06. The van der Waals surface area contributed by atoms with Crippen molar-refractivity contribution in [3.63, 3.8) is 0 Å². The van der Waals surface area contributed by atoms with E-state index in [1.807, 2.05) is 0 Å². The van der Waals surface area contributed by atoms with Gasteiger partial charge in [0.05, 0.1) is 0 Å². The van der Waals surface area contributed by atoms with Gasteiger partial charge in [0.1, 0.15) is 0 Å². The van der Waals surface area contributed by atoms with Crippen LogP contribution in [0.4, 0.5) is 0 Å². The highest BCUT2D eigenvalue weighted by molar-refractivity contribution is 5.80. The van der Waals surface area contributed by atoms with Gasteiger partial charge in [-0.2, -0.15) is 0 Å². The summed E-state index contributed by atoms with van der Waals surface area (Å²) in [5.41, 5.74) is 11.0. The third-order valence-electron chi connectivity index (χ3n) is 4.42. The van der Waals surface area contributed by atoms with E-state index >= 15 is 0 Å². The normalized spacial score (nSPS) is 12.1. The van der Waals surface area contributed by atoms with E-state index in [1.54, 1.807) is 0 Å². The fourth-order valence-corrected chi connectivity index (χ4v) is 3.27. The largest absolute Gasteiger partial charge is 0.0587 e. The topological polar surface area (TPSA) is 0 Å². The fourth-order valence-electron chi connectivity index (χ4n) is 3.27.